The Labute approximate surface area is 92.4 Å². The van der Waals surface area contributed by atoms with E-state index in [1.165, 1.54) is 11.8 Å². The molecule has 1 aliphatic rings. The van der Waals surface area contributed by atoms with E-state index in [2.05, 4.69) is 15.8 Å². The van der Waals surface area contributed by atoms with Gasteiger partial charge < -0.3 is 10.2 Å². The highest BCUT2D eigenvalue weighted by molar-refractivity contribution is 8.16. The third kappa shape index (κ3) is 2.66. The van der Waals surface area contributed by atoms with Gasteiger partial charge in [0.25, 0.3) is 0 Å². The van der Waals surface area contributed by atoms with Crippen molar-refractivity contribution in [2.24, 2.45) is 4.99 Å². The number of thioether (sulfide) groups is 1. The molecule has 0 saturated carbocycles. The quantitative estimate of drug-likeness (QED) is 0.801. The summed E-state index contributed by atoms with van der Waals surface area (Å²) in [5.74, 6) is 0.834. The molecule has 4 nitrogen and oxygen atoms in total. The van der Waals surface area contributed by atoms with Crippen molar-refractivity contribution < 1.29 is 4.74 Å². The number of hydrogen-bond donors (Lipinski definition) is 2. The van der Waals surface area contributed by atoms with Crippen molar-refractivity contribution in [1.82, 2.24) is 10.9 Å². The summed E-state index contributed by atoms with van der Waals surface area (Å²) < 4.78 is 5.07. The van der Waals surface area contributed by atoms with Gasteiger partial charge in [0.05, 0.1) is 12.8 Å². The van der Waals surface area contributed by atoms with E-state index >= 15 is 0 Å². The minimum absolute atomic E-state index is 0.822. The lowest BCUT2D eigenvalue weighted by atomic mass is 10.3. The van der Waals surface area contributed by atoms with Gasteiger partial charge in [-0.15, -0.1) is 0 Å². The van der Waals surface area contributed by atoms with Gasteiger partial charge >= 0.3 is 0 Å². The summed E-state index contributed by atoms with van der Waals surface area (Å²) in [5.41, 5.74) is 6.70. The van der Waals surface area contributed by atoms with E-state index in [4.69, 9.17) is 4.74 Å². The molecule has 0 radical (unpaired) electrons. The Morgan fingerprint density at radius 1 is 1.27 bits per heavy atom. The highest BCUT2D eigenvalue weighted by Crippen LogP contribution is 2.19. The molecule has 1 aromatic rings. The second kappa shape index (κ2) is 4.75. The number of methoxy groups -OCH3 is 1. The second-order valence-corrected chi connectivity index (χ2v) is 3.70. The van der Waals surface area contributed by atoms with Crippen LogP contribution in [0, 0.1) is 0 Å². The topological polar surface area (TPSA) is 45.6 Å². The molecule has 0 aliphatic carbocycles. The van der Waals surface area contributed by atoms with Gasteiger partial charge in [-0.1, -0.05) is 11.8 Å². The van der Waals surface area contributed by atoms with E-state index < -0.39 is 0 Å². The summed E-state index contributed by atoms with van der Waals surface area (Å²) in [7, 11) is 1.65. The predicted molar refractivity (Wildman–Crippen MR) is 63.1 cm³/mol. The SMILES string of the molecule is COc1ccc(N=C2NNC=CS2)cc1. The first-order valence-corrected chi connectivity index (χ1v) is 5.32. The molecule has 1 heterocycles. The van der Waals surface area contributed by atoms with Gasteiger partial charge in [0.15, 0.2) is 5.17 Å². The molecular formula is C10H11N3OS. The number of benzene rings is 1. The summed E-state index contributed by atoms with van der Waals surface area (Å²) in [5, 5.41) is 2.75. The highest BCUT2D eigenvalue weighted by atomic mass is 32.2. The van der Waals surface area contributed by atoms with Gasteiger partial charge in [0.1, 0.15) is 5.75 Å². The second-order valence-electron chi connectivity index (χ2n) is 2.80. The zero-order chi connectivity index (χ0) is 10.5. The number of rotatable bonds is 2. The molecule has 2 N–H and O–H groups in total. The molecule has 1 aliphatic heterocycles. The Hall–Kier alpha value is -1.62. The fourth-order valence-corrected chi connectivity index (χ4v) is 1.63. The zero-order valence-electron chi connectivity index (χ0n) is 8.23. The summed E-state index contributed by atoms with van der Waals surface area (Å²) in [6, 6.07) is 7.59. The molecule has 0 spiro atoms. The van der Waals surface area contributed by atoms with Crippen LogP contribution in [0.3, 0.4) is 0 Å². The van der Waals surface area contributed by atoms with E-state index in [0.717, 1.165) is 16.6 Å². The molecule has 5 heteroatoms. The van der Waals surface area contributed by atoms with Crippen molar-refractivity contribution in [3.63, 3.8) is 0 Å². The first-order valence-electron chi connectivity index (χ1n) is 4.44. The van der Waals surface area contributed by atoms with Gasteiger partial charge in [-0.2, -0.15) is 0 Å². The molecular weight excluding hydrogens is 210 g/mol. The Morgan fingerprint density at radius 3 is 2.67 bits per heavy atom. The maximum Gasteiger partial charge on any atom is 0.184 e. The zero-order valence-corrected chi connectivity index (χ0v) is 9.04. The maximum atomic E-state index is 5.07. The minimum Gasteiger partial charge on any atom is -0.497 e. The summed E-state index contributed by atoms with van der Waals surface area (Å²) in [4.78, 5) is 4.39. The van der Waals surface area contributed by atoms with Gasteiger partial charge in [-0.05, 0) is 29.7 Å². The van der Waals surface area contributed by atoms with E-state index in [9.17, 15) is 0 Å². The molecule has 0 atom stereocenters. The van der Waals surface area contributed by atoms with Crippen LogP contribution in [0.2, 0.25) is 0 Å². The molecule has 2 rings (SSSR count). The van der Waals surface area contributed by atoms with Crippen LogP contribution in [0.4, 0.5) is 5.69 Å². The number of ether oxygens (including phenoxy) is 1. The number of nitrogens with one attached hydrogen (secondary N) is 2. The van der Waals surface area contributed by atoms with Gasteiger partial charge in [-0.25, -0.2) is 4.99 Å². The van der Waals surface area contributed by atoms with Crippen LogP contribution in [0.5, 0.6) is 5.75 Å². The van der Waals surface area contributed by atoms with Crippen LogP contribution in [-0.4, -0.2) is 12.3 Å². The van der Waals surface area contributed by atoms with Crippen molar-refractivity contribution in [1.29, 1.82) is 0 Å². The molecule has 0 amide bonds. The lowest BCUT2D eigenvalue weighted by Gasteiger charge is -2.11. The van der Waals surface area contributed by atoms with Gasteiger partial charge in [0.2, 0.25) is 0 Å². The number of nitrogens with zero attached hydrogens (tertiary/aromatic N) is 1. The molecule has 0 unspecified atom stereocenters. The van der Waals surface area contributed by atoms with Crippen LogP contribution < -0.4 is 15.6 Å². The van der Waals surface area contributed by atoms with Gasteiger partial charge in [-0.3, -0.25) is 5.43 Å². The highest BCUT2D eigenvalue weighted by Gasteiger charge is 2.00. The molecule has 1 aromatic carbocycles. The maximum absolute atomic E-state index is 5.07. The lowest BCUT2D eigenvalue weighted by molar-refractivity contribution is 0.415. The third-order valence-corrected chi connectivity index (χ3v) is 2.50. The molecule has 0 aromatic heterocycles. The predicted octanol–water partition coefficient (Wildman–Crippen LogP) is 1.99. The first-order chi connectivity index (χ1) is 7.38. The van der Waals surface area contributed by atoms with Gasteiger partial charge in [0, 0.05) is 6.20 Å². The molecule has 0 saturated heterocycles. The van der Waals surface area contributed by atoms with Crippen molar-refractivity contribution in [2.45, 2.75) is 0 Å². The average Bonchev–Trinajstić information content (AvgIpc) is 2.31. The number of hydrogen-bond acceptors (Lipinski definition) is 4. The third-order valence-electron chi connectivity index (χ3n) is 1.81. The minimum atomic E-state index is 0.822. The largest absolute Gasteiger partial charge is 0.497 e. The Morgan fingerprint density at radius 2 is 2.07 bits per heavy atom. The molecule has 0 bridgehead atoms. The van der Waals surface area contributed by atoms with E-state index in [0.29, 0.717) is 0 Å². The summed E-state index contributed by atoms with van der Waals surface area (Å²) in [6.07, 6.45) is 1.82. The van der Waals surface area contributed by atoms with E-state index in [-0.39, 0.29) is 0 Å². The van der Waals surface area contributed by atoms with E-state index in [1.54, 1.807) is 7.11 Å². The van der Waals surface area contributed by atoms with Crippen LogP contribution in [0.15, 0.2) is 40.9 Å². The summed E-state index contributed by atoms with van der Waals surface area (Å²) in [6.45, 7) is 0. The molecule has 78 valence electrons. The lowest BCUT2D eigenvalue weighted by Crippen LogP contribution is -2.33. The average molecular weight is 221 g/mol. The Kier molecular flexibility index (Phi) is 3.14. The number of amidine groups is 1. The summed E-state index contributed by atoms with van der Waals surface area (Å²) >= 11 is 1.53. The monoisotopic (exact) mass is 221 g/mol. The Balaban J connectivity index is 2.12. The fraction of sp³-hybridized carbons (Fsp3) is 0.100. The number of aliphatic imine (C=N–C) groups is 1. The standard InChI is InChI=1S/C10H11N3OS/c1-14-9-4-2-8(3-5-9)12-10-13-11-6-7-15-10/h2-7,11H,1H3,(H,12,13). The van der Waals surface area contributed by atoms with Crippen LogP contribution >= 0.6 is 11.8 Å². The van der Waals surface area contributed by atoms with Crippen molar-refractivity contribution in [2.75, 3.05) is 7.11 Å². The van der Waals surface area contributed by atoms with Crippen LogP contribution in [0.25, 0.3) is 0 Å². The normalized spacial score (nSPS) is 17.0. The van der Waals surface area contributed by atoms with E-state index in [1.807, 2.05) is 35.9 Å². The van der Waals surface area contributed by atoms with Crippen molar-refractivity contribution >= 4 is 22.6 Å². The van der Waals surface area contributed by atoms with Crippen LogP contribution in [-0.2, 0) is 0 Å². The molecule has 15 heavy (non-hydrogen) atoms. The first kappa shape index (κ1) is 9.92. The van der Waals surface area contributed by atoms with Crippen molar-refractivity contribution in [3.05, 3.63) is 35.9 Å². The Bertz CT molecular complexity index is 386. The molecule has 0 fully saturated rings. The number of hydrazine groups is 1. The van der Waals surface area contributed by atoms with Crippen LogP contribution in [0.1, 0.15) is 0 Å². The van der Waals surface area contributed by atoms with Crippen molar-refractivity contribution in [3.8, 4) is 5.75 Å². The fourth-order valence-electron chi connectivity index (χ4n) is 1.09. The smallest absolute Gasteiger partial charge is 0.184 e.